The van der Waals surface area contributed by atoms with Crippen molar-refractivity contribution in [2.75, 3.05) is 11.5 Å². The minimum atomic E-state index is -0.345. The molecule has 0 fully saturated rings. The quantitative estimate of drug-likeness (QED) is 0.728. The minimum Gasteiger partial charge on any atom is -0.392 e. The van der Waals surface area contributed by atoms with E-state index in [1.54, 1.807) is 4.57 Å². The lowest BCUT2D eigenvalue weighted by atomic mass is 10.4. The molecule has 15 heavy (non-hydrogen) atoms. The van der Waals surface area contributed by atoms with Crippen molar-refractivity contribution in [3.8, 4) is 0 Å². The number of thioether (sulfide) groups is 1. The Hall–Kier alpha value is -1.17. The molecule has 1 aliphatic heterocycles. The average molecular weight is 227 g/mol. The Balaban J connectivity index is 2.74. The first-order valence-electron chi connectivity index (χ1n) is 4.92. The molecule has 0 atom stereocenters. The summed E-state index contributed by atoms with van der Waals surface area (Å²) in [5.41, 5.74) is 5.36. The Morgan fingerprint density at radius 1 is 1.47 bits per heavy atom. The summed E-state index contributed by atoms with van der Waals surface area (Å²) >= 11 is 1.47. The van der Waals surface area contributed by atoms with Crippen LogP contribution in [0.2, 0.25) is 0 Å². The lowest BCUT2D eigenvalue weighted by Gasteiger charge is -2.09. The Bertz CT molecular complexity index is 503. The van der Waals surface area contributed by atoms with Crippen molar-refractivity contribution in [3.05, 3.63) is 20.8 Å². The van der Waals surface area contributed by atoms with Gasteiger partial charge in [0.15, 0.2) is 0 Å². The molecule has 2 rings (SSSR count). The highest BCUT2D eigenvalue weighted by atomic mass is 32.2. The van der Waals surface area contributed by atoms with Gasteiger partial charge in [0.1, 0.15) is 10.7 Å². The average Bonchev–Trinajstić information content (AvgIpc) is 2.70. The molecule has 0 aliphatic carbocycles. The first kappa shape index (κ1) is 10.4. The Morgan fingerprint density at radius 2 is 2.20 bits per heavy atom. The number of anilines is 1. The topological polar surface area (TPSA) is 70.0 Å². The molecule has 1 aromatic heterocycles. The van der Waals surface area contributed by atoms with Crippen LogP contribution in [0.25, 0.3) is 0 Å². The van der Waals surface area contributed by atoms with Crippen molar-refractivity contribution in [2.45, 2.75) is 31.5 Å². The summed E-state index contributed by atoms with van der Waals surface area (Å²) in [5, 5.41) is 0.636. The number of nitrogens with two attached hydrogens (primary N) is 1. The molecular weight excluding hydrogens is 214 g/mol. The molecular formula is C9H13N3O2S. The maximum absolute atomic E-state index is 11.9. The monoisotopic (exact) mass is 227 g/mol. The van der Waals surface area contributed by atoms with E-state index in [1.807, 2.05) is 6.92 Å². The molecule has 2 heterocycles. The van der Waals surface area contributed by atoms with E-state index >= 15 is 0 Å². The normalized spacial score (nSPS) is 14.2. The molecule has 0 radical (unpaired) electrons. The number of fused-ring (bicyclic) bond motifs is 1. The van der Waals surface area contributed by atoms with Gasteiger partial charge >= 0.3 is 5.69 Å². The number of hydrogen-bond donors (Lipinski definition) is 1. The molecule has 0 saturated carbocycles. The van der Waals surface area contributed by atoms with Crippen molar-refractivity contribution in [1.82, 2.24) is 9.13 Å². The van der Waals surface area contributed by atoms with Gasteiger partial charge in [-0.1, -0.05) is 6.92 Å². The van der Waals surface area contributed by atoms with Crippen molar-refractivity contribution in [2.24, 2.45) is 0 Å². The standard InChI is InChI=1S/C9H13N3O2S/c1-2-3-11-7(13)6(10)8-12(9(11)14)4-5-15-8/h2-5,10H2,1H3. The van der Waals surface area contributed by atoms with Gasteiger partial charge in [-0.3, -0.25) is 13.9 Å². The number of hydrogen-bond acceptors (Lipinski definition) is 4. The number of nitrogens with zero attached hydrogens (tertiary/aromatic N) is 2. The van der Waals surface area contributed by atoms with Gasteiger partial charge in [-0.15, -0.1) is 11.8 Å². The lowest BCUT2D eigenvalue weighted by Crippen LogP contribution is -2.40. The Morgan fingerprint density at radius 3 is 2.87 bits per heavy atom. The zero-order valence-corrected chi connectivity index (χ0v) is 9.34. The Labute approximate surface area is 90.9 Å². The lowest BCUT2D eigenvalue weighted by molar-refractivity contribution is 0.544. The van der Waals surface area contributed by atoms with Crippen LogP contribution < -0.4 is 17.0 Å². The largest absolute Gasteiger partial charge is 0.392 e. The zero-order valence-electron chi connectivity index (χ0n) is 8.52. The summed E-state index contributed by atoms with van der Waals surface area (Å²) in [5.74, 6) is 0.815. The van der Waals surface area contributed by atoms with Crippen LogP contribution in [0, 0.1) is 0 Å². The number of aromatic nitrogens is 2. The third kappa shape index (κ3) is 1.49. The molecule has 0 spiro atoms. The van der Waals surface area contributed by atoms with E-state index in [4.69, 9.17) is 5.73 Å². The first-order chi connectivity index (χ1) is 7.16. The predicted molar refractivity (Wildman–Crippen MR) is 60.4 cm³/mol. The molecule has 5 nitrogen and oxygen atoms in total. The second-order valence-electron chi connectivity index (χ2n) is 3.46. The van der Waals surface area contributed by atoms with Crippen LogP contribution in [0.15, 0.2) is 14.6 Å². The molecule has 6 heteroatoms. The van der Waals surface area contributed by atoms with Crippen LogP contribution >= 0.6 is 11.8 Å². The maximum atomic E-state index is 11.9. The summed E-state index contributed by atoms with van der Waals surface area (Å²) in [6.07, 6.45) is 0.751. The summed E-state index contributed by atoms with van der Waals surface area (Å²) in [7, 11) is 0. The zero-order chi connectivity index (χ0) is 11.0. The van der Waals surface area contributed by atoms with E-state index in [2.05, 4.69) is 0 Å². The summed E-state index contributed by atoms with van der Waals surface area (Å²) in [6, 6.07) is 0. The van der Waals surface area contributed by atoms with Gasteiger partial charge in [0.2, 0.25) is 0 Å². The van der Waals surface area contributed by atoms with Gasteiger partial charge in [0.05, 0.1) is 0 Å². The molecule has 0 bridgehead atoms. The van der Waals surface area contributed by atoms with Crippen LogP contribution in [0.5, 0.6) is 0 Å². The van der Waals surface area contributed by atoms with E-state index in [1.165, 1.54) is 16.3 Å². The van der Waals surface area contributed by atoms with Gasteiger partial charge in [0, 0.05) is 18.8 Å². The fourth-order valence-corrected chi connectivity index (χ4v) is 2.74. The van der Waals surface area contributed by atoms with Crippen molar-refractivity contribution in [3.63, 3.8) is 0 Å². The molecule has 1 aromatic rings. The molecule has 0 saturated heterocycles. The van der Waals surface area contributed by atoms with E-state index in [0.29, 0.717) is 18.1 Å². The molecule has 0 amide bonds. The van der Waals surface area contributed by atoms with Gasteiger partial charge in [-0.25, -0.2) is 4.79 Å². The SMILES string of the molecule is CCCn1c(=O)c(N)c2n(c1=O)CCS2. The fourth-order valence-electron chi connectivity index (χ4n) is 1.71. The van der Waals surface area contributed by atoms with E-state index in [-0.39, 0.29) is 16.9 Å². The minimum absolute atomic E-state index is 0.213. The third-order valence-electron chi connectivity index (χ3n) is 2.41. The van der Waals surface area contributed by atoms with Gasteiger partial charge in [-0.05, 0) is 6.42 Å². The third-order valence-corrected chi connectivity index (χ3v) is 3.51. The van der Waals surface area contributed by atoms with Crippen molar-refractivity contribution in [1.29, 1.82) is 0 Å². The van der Waals surface area contributed by atoms with Crippen molar-refractivity contribution >= 4 is 17.4 Å². The van der Waals surface area contributed by atoms with Crippen LogP contribution in [0.3, 0.4) is 0 Å². The summed E-state index contributed by atoms with van der Waals surface area (Å²) in [4.78, 5) is 23.6. The van der Waals surface area contributed by atoms with E-state index in [9.17, 15) is 9.59 Å². The van der Waals surface area contributed by atoms with Crippen LogP contribution in [-0.4, -0.2) is 14.9 Å². The molecule has 0 unspecified atom stereocenters. The second-order valence-corrected chi connectivity index (χ2v) is 4.54. The second kappa shape index (κ2) is 3.77. The van der Waals surface area contributed by atoms with Crippen LogP contribution in [0.1, 0.15) is 13.3 Å². The molecule has 2 N–H and O–H groups in total. The highest BCUT2D eigenvalue weighted by Gasteiger charge is 2.20. The summed E-state index contributed by atoms with van der Waals surface area (Å²) < 4.78 is 2.82. The van der Waals surface area contributed by atoms with Gasteiger partial charge in [-0.2, -0.15) is 0 Å². The highest BCUT2D eigenvalue weighted by Crippen LogP contribution is 2.26. The first-order valence-corrected chi connectivity index (χ1v) is 5.91. The van der Waals surface area contributed by atoms with E-state index in [0.717, 1.165) is 12.2 Å². The van der Waals surface area contributed by atoms with Gasteiger partial charge < -0.3 is 5.73 Å². The maximum Gasteiger partial charge on any atom is 0.331 e. The fraction of sp³-hybridized carbons (Fsp3) is 0.556. The molecule has 0 aromatic carbocycles. The van der Waals surface area contributed by atoms with Crippen LogP contribution in [0.4, 0.5) is 5.69 Å². The van der Waals surface area contributed by atoms with Crippen LogP contribution in [-0.2, 0) is 13.1 Å². The van der Waals surface area contributed by atoms with Gasteiger partial charge in [0.25, 0.3) is 5.56 Å². The number of rotatable bonds is 2. The number of nitrogen functional groups attached to an aromatic ring is 1. The Kier molecular flexibility index (Phi) is 2.60. The smallest absolute Gasteiger partial charge is 0.331 e. The highest BCUT2D eigenvalue weighted by molar-refractivity contribution is 7.99. The molecule has 82 valence electrons. The molecule has 1 aliphatic rings. The van der Waals surface area contributed by atoms with E-state index < -0.39 is 0 Å². The summed E-state index contributed by atoms with van der Waals surface area (Å²) in [6.45, 7) is 3.01. The predicted octanol–water partition coefficient (Wildman–Crippen LogP) is 0.108. The van der Waals surface area contributed by atoms with Crippen molar-refractivity contribution < 1.29 is 0 Å².